The molecule has 0 spiro atoms. The fourth-order valence-corrected chi connectivity index (χ4v) is 2.58. The third kappa shape index (κ3) is 3.00. The first-order chi connectivity index (χ1) is 8.22. The molecule has 1 aromatic rings. The molecular weight excluding hydrogens is 238 g/mol. The van der Waals surface area contributed by atoms with Crippen LogP contribution in [0.25, 0.3) is 0 Å². The molecule has 1 saturated carbocycles. The van der Waals surface area contributed by atoms with Crippen molar-refractivity contribution in [3.8, 4) is 0 Å². The minimum absolute atomic E-state index is 0.00726. The van der Waals surface area contributed by atoms with Crippen LogP contribution in [-0.2, 0) is 11.3 Å². The number of methoxy groups -OCH3 is 1. The molecule has 1 unspecified atom stereocenters. The number of hydrogen-bond acceptors (Lipinski definition) is 3. The number of rotatable bonds is 6. The minimum Gasteiger partial charge on any atom is -0.383 e. The van der Waals surface area contributed by atoms with Crippen molar-refractivity contribution in [3.63, 3.8) is 0 Å². The molecule has 17 heavy (non-hydrogen) atoms. The van der Waals surface area contributed by atoms with Crippen LogP contribution in [0.4, 0.5) is 0 Å². The smallest absolute Gasteiger partial charge is 0.0834 e. The highest BCUT2D eigenvalue weighted by atomic mass is 35.5. The van der Waals surface area contributed by atoms with Gasteiger partial charge in [-0.1, -0.05) is 30.9 Å². The third-order valence-corrected chi connectivity index (χ3v) is 3.79. The molecule has 0 radical (unpaired) electrons. The second-order valence-corrected chi connectivity index (χ2v) is 5.14. The van der Waals surface area contributed by atoms with Crippen molar-refractivity contribution < 1.29 is 4.74 Å². The molecule has 1 aliphatic carbocycles. The van der Waals surface area contributed by atoms with E-state index in [1.54, 1.807) is 13.3 Å². The van der Waals surface area contributed by atoms with Gasteiger partial charge in [0.2, 0.25) is 0 Å². The van der Waals surface area contributed by atoms with Crippen LogP contribution >= 0.6 is 11.6 Å². The predicted molar refractivity (Wildman–Crippen MR) is 68.0 cm³/mol. The standard InChI is InChI=1S/C12H20ClN3O/c1-17-6-5-16-12(10(13)8-15-16)11(14)7-9-3-2-4-9/h8-9,11H,2-7,14H2,1H3. The lowest BCUT2D eigenvalue weighted by atomic mass is 9.80. The zero-order valence-electron chi connectivity index (χ0n) is 10.2. The Morgan fingerprint density at radius 1 is 1.65 bits per heavy atom. The van der Waals surface area contributed by atoms with Crippen molar-refractivity contribution >= 4 is 11.6 Å². The van der Waals surface area contributed by atoms with Gasteiger partial charge in [0.1, 0.15) is 0 Å². The van der Waals surface area contributed by atoms with Crippen molar-refractivity contribution in [2.75, 3.05) is 13.7 Å². The van der Waals surface area contributed by atoms with Gasteiger partial charge in [-0.2, -0.15) is 5.10 Å². The zero-order chi connectivity index (χ0) is 12.3. The summed E-state index contributed by atoms with van der Waals surface area (Å²) in [6, 6.07) is -0.00726. The predicted octanol–water partition coefficient (Wildman–Crippen LogP) is 2.37. The van der Waals surface area contributed by atoms with E-state index >= 15 is 0 Å². The van der Waals surface area contributed by atoms with Crippen LogP contribution in [0.15, 0.2) is 6.20 Å². The van der Waals surface area contributed by atoms with Gasteiger partial charge in [-0.15, -0.1) is 0 Å². The highest BCUT2D eigenvalue weighted by Crippen LogP contribution is 2.35. The van der Waals surface area contributed by atoms with E-state index in [4.69, 9.17) is 22.1 Å². The Morgan fingerprint density at radius 2 is 2.41 bits per heavy atom. The van der Waals surface area contributed by atoms with E-state index in [1.807, 2.05) is 4.68 Å². The monoisotopic (exact) mass is 257 g/mol. The molecule has 96 valence electrons. The Hall–Kier alpha value is -0.580. The topological polar surface area (TPSA) is 53.1 Å². The normalized spacial score (nSPS) is 18.1. The van der Waals surface area contributed by atoms with Crippen molar-refractivity contribution in [1.82, 2.24) is 9.78 Å². The Morgan fingerprint density at radius 3 is 3.00 bits per heavy atom. The maximum atomic E-state index is 6.24. The summed E-state index contributed by atoms with van der Waals surface area (Å²) in [5, 5.41) is 4.92. The van der Waals surface area contributed by atoms with E-state index in [0.29, 0.717) is 18.2 Å². The molecule has 1 atom stereocenters. The Balaban J connectivity index is 2.03. The summed E-state index contributed by atoms with van der Waals surface area (Å²) in [7, 11) is 1.68. The molecule has 0 amide bonds. The van der Waals surface area contributed by atoms with Crippen LogP contribution in [0.1, 0.15) is 37.4 Å². The number of aromatic nitrogens is 2. The molecule has 4 nitrogen and oxygen atoms in total. The maximum absolute atomic E-state index is 6.24. The van der Waals surface area contributed by atoms with Crippen LogP contribution in [-0.4, -0.2) is 23.5 Å². The summed E-state index contributed by atoms with van der Waals surface area (Å²) in [6.45, 7) is 1.33. The van der Waals surface area contributed by atoms with Gasteiger partial charge >= 0.3 is 0 Å². The SMILES string of the molecule is COCCn1ncc(Cl)c1C(N)CC1CCC1. The zero-order valence-corrected chi connectivity index (χ0v) is 11.0. The molecule has 2 rings (SSSR count). The van der Waals surface area contributed by atoms with E-state index in [-0.39, 0.29) is 6.04 Å². The van der Waals surface area contributed by atoms with E-state index in [1.165, 1.54) is 19.3 Å². The Bertz CT molecular complexity index is 363. The van der Waals surface area contributed by atoms with Crippen molar-refractivity contribution in [2.24, 2.45) is 11.7 Å². The number of hydrogen-bond donors (Lipinski definition) is 1. The first-order valence-corrected chi connectivity index (χ1v) is 6.56. The molecule has 0 saturated heterocycles. The van der Waals surface area contributed by atoms with E-state index in [9.17, 15) is 0 Å². The van der Waals surface area contributed by atoms with E-state index < -0.39 is 0 Å². The van der Waals surface area contributed by atoms with E-state index in [0.717, 1.165) is 18.0 Å². The maximum Gasteiger partial charge on any atom is 0.0834 e. The van der Waals surface area contributed by atoms with Crippen LogP contribution < -0.4 is 5.73 Å². The van der Waals surface area contributed by atoms with Gasteiger partial charge in [-0.3, -0.25) is 4.68 Å². The first kappa shape index (κ1) is 12.9. The first-order valence-electron chi connectivity index (χ1n) is 6.18. The van der Waals surface area contributed by atoms with Gasteiger partial charge in [0, 0.05) is 13.2 Å². The van der Waals surface area contributed by atoms with Crippen LogP contribution in [0.2, 0.25) is 5.02 Å². The van der Waals surface area contributed by atoms with Gasteiger partial charge in [-0.05, 0) is 12.3 Å². The van der Waals surface area contributed by atoms with Crippen molar-refractivity contribution in [1.29, 1.82) is 0 Å². The van der Waals surface area contributed by atoms with Crippen molar-refractivity contribution in [3.05, 3.63) is 16.9 Å². The second kappa shape index (κ2) is 5.85. The molecule has 0 bridgehead atoms. The highest BCUT2D eigenvalue weighted by molar-refractivity contribution is 6.31. The molecule has 1 fully saturated rings. The van der Waals surface area contributed by atoms with Crippen molar-refractivity contribution in [2.45, 2.75) is 38.3 Å². The molecule has 0 aromatic carbocycles. The van der Waals surface area contributed by atoms with Gasteiger partial charge in [-0.25, -0.2) is 0 Å². The average molecular weight is 258 g/mol. The molecule has 1 aliphatic rings. The van der Waals surface area contributed by atoms with E-state index in [2.05, 4.69) is 5.10 Å². The van der Waals surface area contributed by atoms with Crippen LogP contribution in [0.3, 0.4) is 0 Å². The molecule has 1 heterocycles. The second-order valence-electron chi connectivity index (χ2n) is 4.73. The lowest BCUT2D eigenvalue weighted by Gasteiger charge is -2.28. The highest BCUT2D eigenvalue weighted by Gasteiger charge is 2.24. The number of nitrogens with zero attached hydrogens (tertiary/aromatic N) is 2. The van der Waals surface area contributed by atoms with Gasteiger partial charge in [0.15, 0.2) is 0 Å². The fraction of sp³-hybridized carbons (Fsp3) is 0.750. The van der Waals surface area contributed by atoms with Gasteiger partial charge in [0.25, 0.3) is 0 Å². The average Bonchev–Trinajstić information content (AvgIpc) is 2.62. The fourth-order valence-electron chi connectivity index (χ4n) is 2.30. The molecule has 1 aromatic heterocycles. The third-order valence-electron chi connectivity index (χ3n) is 3.50. The summed E-state index contributed by atoms with van der Waals surface area (Å²) in [4.78, 5) is 0. The number of ether oxygens (including phenoxy) is 1. The van der Waals surface area contributed by atoms with Gasteiger partial charge in [0.05, 0.1) is 30.1 Å². The summed E-state index contributed by atoms with van der Waals surface area (Å²) < 4.78 is 6.93. The summed E-state index contributed by atoms with van der Waals surface area (Å²) in [5.74, 6) is 0.770. The lowest BCUT2D eigenvalue weighted by molar-refractivity contribution is 0.181. The quantitative estimate of drug-likeness (QED) is 0.851. The molecule has 5 heteroatoms. The van der Waals surface area contributed by atoms with Crippen LogP contribution in [0.5, 0.6) is 0 Å². The number of halogens is 1. The Labute approximate surface area is 107 Å². The summed E-state index contributed by atoms with van der Waals surface area (Å²) >= 11 is 6.16. The molecule has 2 N–H and O–H groups in total. The summed E-state index contributed by atoms with van der Waals surface area (Å²) in [5.41, 5.74) is 7.19. The minimum atomic E-state index is -0.00726. The lowest BCUT2D eigenvalue weighted by Crippen LogP contribution is -2.23. The summed E-state index contributed by atoms with van der Waals surface area (Å²) in [6.07, 6.45) is 6.63. The number of nitrogens with two attached hydrogens (primary N) is 1. The molecular formula is C12H20ClN3O. The largest absolute Gasteiger partial charge is 0.383 e. The molecule has 0 aliphatic heterocycles. The van der Waals surface area contributed by atoms with Crippen LogP contribution in [0, 0.1) is 5.92 Å². The van der Waals surface area contributed by atoms with Gasteiger partial charge < -0.3 is 10.5 Å². The Kier molecular flexibility index (Phi) is 4.42.